The van der Waals surface area contributed by atoms with Gasteiger partial charge in [0.1, 0.15) is 19.5 Å². The SMILES string of the molecule is O=C(NCc1cccc(CO)c1)C1=COCCO1. The van der Waals surface area contributed by atoms with Crippen molar-refractivity contribution < 1.29 is 19.4 Å². The molecule has 5 nitrogen and oxygen atoms in total. The van der Waals surface area contributed by atoms with Crippen LogP contribution in [0.5, 0.6) is 0 Å². The minimum absolute atomic E-state index is 0.0100. The molecule has 0 unspecified atom stereocenters. The molecular formula is C13H15NO4. The Morgan fingerprint density at radius 3 is 2.89 bits per heavy atom. The van der Waals surface area contributed by atoms with E-state index in [4.69, 9.17) is 14.6 Å². The van der Waals surface area contributed by atoms with Gasteiger partial charge in [0, 0.05) is 6.54 Å². The molecule has 0 fully saturated rings. The normalized spacial score (nSPS) is 14.2. The summed E-state index contributed by atoms with van der Waals surface area (Å²) >= 11 is 0. The van der Waals surface area contributed by atoms with Crippen molar-refractivity contribution in [3.05, 3.63) is 47.4 Å². The lowest BCUT2D eigenvalue weighted by molar-refractivity contribution is -0.122. The average molecular weight is 249 g/mol. The second kappa shape index (κ2) is 6.07. The Morgan fingerprint density at radius 1 is 1.33 bits per heavy atom. The predicted molar refractivity (Wildman–Crippen MR) is 64.2 cm³/mol. The van der Waals surface area contributed by atoms with Gasteiger partial charge in [-0.25, -0.2) is 0 Å². The molecule has 0 aliphatic carbocycles. The van der Waals surface area contributed by atoms with Gasteiger partial charge in [0.25, 0.3) is 5.91 Å². The second-order valence-electron chi connectivity index (χ2n) is 3.86. The van der Waals surface area contributed by atoms with E-state index in [2.05, 4.69) is 5.32 Å². The highest BCUT2D eigenvalue weighted by Gasteiger charge is 2.14. The standard InChI is InChI=1S/C13H15NO4/c15-8-11-3-1-2-10(6-11)7-14-13(16)12-9-17-4-5-18-12/h1-3,6,9,15H,4-5,7-8H2,(H,14,16). The lowest BCUT2D eigenvalue weighted by Gasteiger charge is -2.15. The number of carbonyl (C=O) groups is 1. The van der Waals surface area contributed by atoms with Crippen molar-refractivity contribution in [2.24, 2.45) is 0 Å². The molecule has 0 saturated heterocycles. The Hall–Kier alpha value is -2.01. The highest BCUT2D eigenvalue weighted by molar-refractivity contribution is 5.91. The first-order valence-electron chi connectivity index (χ1n) is 5.71. The quantitative estimate of drug-likeness (QED) is 0.823. The molecule has 1 heterocycles. The summed E-state index contributed by atoms with van der Waals surface area (Å²) in [6.45, 7) is 1.23. The fourth-order valence-corrected chi connectivity index (χ4v) is 1.59. The third kappa shape index (κ3) is 3.24. The minimum Gasteiger partial charge on any atom is -0.494 e. The van der Waals surface area contributed by atoms with E-state index < -0.39 is 0 Å². The molecule has 0 atom stereocenters. The van der Waals surface area contributed by atoms with Crippen molar-refractivity contribution >= 4 is 5.91 Å². The van der Waals surface area contributed by atoms with Crippen molar-refractivity contribution in [2.75, 3.05) is 13.2 Å². The molecule has 2 rings (SSSR count). The number of hydrogen-bond donors (Lipinski definition) is 2. The lowest BCUT2D eigenvalue weighted by atomic mass is 10.1. The monoisotopic (exact) mass is 249 g/mol. The zero-order valence-electron chi connectivity index (χ0n) is 9.89. The van der Waals surface area contributed by atoms with E-state index in [1.165, 1.54) is 6.26 Å². The van der Waals surface area contributed by atoms with Crippen LogP contribution in [0, 0.1) is 0 Å². The van der Waals surface area contributed by atoms with Gasteiger partial charge < -0.3 is 19.9 Å². The van der Waals surface area contributed by atoms with Crippen molar-refractivity contribution in [1.29, 1.82) is 0 Å². The molecule has 0 bridgehead atoms. The summed E-state index contributed by atoms with van der Waals surface area (Å²) in [5.74, 6) is -0.108. The van der Waals surface area contributed by atoms with E-state index in [0.717, 1.165) is 11.1 Å². The van der Waals surface area contributed by atoms with Gasteiger partial charge in [-0.05, 0) is 11.1 Å². The first-order chi connectivity index (χ1) is 8.79. The largest absolute Gasteiger partial charge is 0.494 e. The van der Waals surface area contributed by atoms with Crippen LogP contribution in [0.2, 0.25) is 0 Å². The Balaban J connectivity index is 1.90. The van der Waals surface area contributed by atoms with Gasteiger partial charge in [-0.2, -0.15) is 0 Å². The van der Waals surface area contributed by atoms with Crippen LogP contribution < -0.4 is 5.32 Å². The fraction of sp³-hybridized carbons (Fsp3) is 0.308. The first-order valence-corrected chi connectivity index (χ1v) is 5.71. The molecule has 0 spiro atoms. The maximum atomic E-state index is 11.7. The molecule has 1 aromatic carbocycles. The molecule has 5 heteroatoms. The summed E-state index contributed by atoms with van der Waals surface area (Å²) in [5, 5.41) is 11.7. The van der Waals surface area contributed by atoms with Gasteiger partial charge in [0.15, 0.2) is 0 Å². The number of aliphatic hydroxyl groups is 1. The van der Waals surface area contributed by atoms with E-state index in [9.17, 15) is 4.79 Å². The van der Waals surface area contributed by atoms with Gasteiger partial charge in [-0.3, -0.25) is 4.79 Å². The third-order valence-corrected chi connectivity index (χ3v) is 2.50. The lowest BCUT2D eigenvalue weighted by Crippen LogP contribution is -2.28. The molecule has 2 N–H and O–H groups in total. The summed E-state index contributed by atoms with van der Waals surface area (Å²) in [6, 6.07) is 7.39. The van der Waals surface area contributed by atoms with E-state index in [1.54, 1.807) is 0 Å². The summed E-state index contributed by atoms with van der Waals surface area (Å²) in [6.07, 6.45) is 1.32. The van der Waals surface area contributed by atoms with Crippen molar-refractivity contribution in [3.8, 4) is 0 Å². The van der Waals surface area contributed by atoms with Gasteiger partial charge in [-0.1, -0.05) is 24.3 Å². The van der Waals surface area contributed by atoms with Crippen LogP contribution in [0.15, 0.2) is 36.3 Å². The van der Waals surface area contributed by atoms with Crippen LogP contribution in [-0.4, -0.2) is 24.2 Å². The van der Waals surface area contributed by atoms with Crippen LogP contribution in [0.1, 0.15) is 11.1 Å². The summed E-state index contributed by atoms with van der Waals surface area (Å²) in [5.41, 5.74) is 1.74. The topological polar surface area (TPSA) is 67.8 Å². The van der Waals surface area contributed by atoms with Crippen LogP contribution in [-0.2, 0) is 27.4 Å². The van der Waals surface area contributed by atoms with Gasteiger partial charge >= 0.3 is 0 Å². The van der Waals surface area contributed by atoms with Crippen LogP contribution in [0.25, 0.3) is 0 Å². The highest BCUT2D eigenvalue weighted by atomic mass is 16.6. The zero-order chi connectivity index (χ0) is 12.8. The van der Waals surface area contributed by atoms with Crippen LogP contribution in [0.3, 0.4) is 0 Å². The highest BCUT2D eigenvalue weighted by Crippen LogP contribution is 2.07. The van der Waals surface area contributed by atoms with Crippen LogP contribution >= 0.6 is 0 Å². The molecule has 1 amide bonds. The van der Waals surface area contributed by atoms with Crippen LogP contribution in [0.4, 0.5) is 0 Å². The molecular weight excluding hydrogens is 234 g/mol. The smallest absolute Gasteiger partial charge is 0.289 e. The number of carbonyl (C=O) groups excluding carboxylic acids is 1. The van der Waals surface area contributed by atoms with Crippen molar-refractivity contribution in [1.82, 2.24) is 5.32 Å². The van der Waals surface area contributed by atoms with Gasteiger partial charge in [0.2, 0.25) is 5.76 Å². The Bertz CT molecular complexity index is 456. The molecule has 96 valence electrons. The summed E-state index contributed by atoms with van der Waals surface area (Å²) in [7, 11) is 0. The molecule has 1 aliphatic rings. The molecule has 0 radical (unpaired) electrons. The van der Waals surface area contributed by atoms with Gasteiger partial charge in [0.05, 0.1) is 6.61 Å². The molecule has 1 aliphatic heterocycles. The predicted octanol–water partition coefficient (Wildman–Crippen LogP) is 0.683. The number of ether oxygens (including phenoxy) is 2. The Labute approximate surface area is 105 Å². The van der Waals surface area contributed by atoms with E-state index in [0.29, 0.717) is 19.8 Å². The molecule has 0 aromatic heterocycles. The number of hydrogen-bond acceptors (Lipinski definition) is 4. The van der Waals surface area contributed by atoms with E-state index in [-0.39, 0.29) is 18.3 Å². The maximum Gasteiger partial charge on any atom is 0.289 e. The third-order valence-electron chi connectivity index (χ3n) is 2.50. The van der Waals surface area contributed by atoms with Gasteiger partial charge in [-0.15, -0.1) is 0 Å². The molecule has 18 heavy (non-hydrogen) atoms. The number of rotatable bonds is 4. The van der Waals surface area contributed by atoms with Crippen molar-refractivity contribution in [3.63, 3.8) is 0 Å². The van der Waals surface area contributed by atoms with Crippen molar-refractivity contribution in [2.45, 2.75) is 13.2 Å². The zero-order valence-corrected chi connectivity index (χ0v) is 9.89. The molecule has 0 saturated carbocycles. The minimum atomic E-state index is -0.302. The Morgan fingerprint density at radius 2 is 2.17 bits per heavy atom. The summed E-state index contributed by atoms with van der Waals surface area (Å²) < 4.78 is 10.2. The average Bonchev–Trinajstić information content (AvgIpc) is 2.46. The maximum absolute atomic E-state index is 11.7. The molecule has 1 aromatic rings. The van der Waals surface area contributed by atoms with E-state index >= 15 is 0 Å². The first kappa shape index (κ1) is 12.4. The number of benzene rings is 1. The van der Waals surface area contributed by atoms with E-state index in [1.807, 2.05) is 24.3 Å². The summed E-state index contributed by atoms with van der Waals surface area (Å²) in [4.78, 5) is 11.7. The second-order valence-corrected chi connectivity index (χ2v) is 3.86. The number of amides is 1. The number of aliphatic hydroxyl groups excluding tert-OH is 1. The fourth-order valence-electron chi connectivity index (χ4n) is 1.59. The number of nitrogens with one attached hydrogen (secondary N) is 1. The Kier molecular flexibility index (Phi) is 4.20.